The Morgan fingerprint density at radius 2 is 2.04 bits per heavy atom. The van der Waals surface area contributed by atoms with Gasteiger partial charge in [0.15, 0.2) is 0 Å². The lowest BCUT2D eigenvalue weighted by atomic mass is 9.73. The molecular formula is C18H27N3O2S. The van der Waals surface area contributed by atoms with E-state index in [1.807, 2.05) is 32.9 Å². The van der Waals surface area contributed by atoms with Crippen LogP contribution in [0.2, 0.25) is 0 Å². The van der Waals surface area contributed by atoms with Gasteiger partial charge in [0.25, 0.3) is 0 Å². The molecule has 0 aromatic heterocycles. The highest BCUT2D eigenvalue weighted by Gasteiger charge is 2.49. The summed E-state index contributed by atoms with van der Waals surface area (Å²) in [5.41, 5.74) is 8.38. The largest absolute Gasteiger partial charge is 0.598 e. The van der Waals surface area contributed by atoms with E-state index >= 15 is 0 Å². The van der Waals surface area contributed by atoms with Gasteiger partial charge in [0.05, 0.1) is 6.04 Å². The smallest absolute Gasteiger partial charge is 0.248 e. The van der Waals surface area contributed by atoms with Crippen LogP contribution in [0.3, 0.4) is 0 Å². The van der Waals surface area contributed by atoms with Gasteiger partial charge >= 0.3 is 0 Å². The zero-order valence-electron chi connectivity index (χ0n) is 14.6. The molecule has 132 valence electrons. The van der Waals surface area contributed by atoms with E-state index in [2.05, 4.69) is 10.0 Å². The minimum atomic E-state index is -1.17. The average molecular weight is 350 g/mol. The van der Waals surface area contributed by atoms with Crippen molar-refractivity contribution in [2.75, 3.05) is 13.1 Å². The number of rotatable bonds is 3. The van der Waals surface area contributed by atoms with Gasteiger partial charge in [-0.2, -0.15) is 0 Å². The van der Waals surface area contributed by atoms with Gasteiger partial charge in [-0.3, -0.25) is 4.79 Å². The van der Waals surface area contributed by atoms with Crippen molar-refractivity contribution in [2.24, 2.45) is 11.1 Å². The molecule has 2 aliphatic rings. The van der Waals surface area contributed by atoms with E-state index in [0.717, 1.165) is 37.9 Å². The van der Waals surface area contributed by atoms with Crippen LogP contribution in [-0.2, 0) is 17.8 Å². The fourth-order valence-corrected chi connectivity index (χ4v) is 4.80. The van der Waals surface area contributed by atoms with Crippen molar-refractivity contribution < 1.29 is 9.35 Å². The van der Waals surface area contributed by atoms with Crippen LogP contribution in [-0.4, -0.2) is 28.3 Å². The van der Waals surface area contributed by atoms with Gasteiger partial charge in [-0.15, -0.1) is 4.72 Å². The lowest BCUT2D eigenvalue weighted by molar-refractivity contribution is 0.1000. The number of piperidine rings is 1. The molecule has 1 saturated heterocycles. The van der Waals surface area contributed by atoms with Gasteiger partial charge < -0.3 is 15.6 Å². The summed E-state index contributed by atoms with van der Waals surface area (Å²) in [7, 11) is 0. The molecule has 6 heteroatoms. The highest BCUT2D eigenvalue weighted by molar-refractivity contribution is 7.90. The molecule has 2 atom stereocenters. The van der Waals surface area contributed by atoms with E-state index in [1.165, 1.54) is 5.56 Å². The maximum atomic E-state index is 12.8. The first-order chi connectivity index (χ1) is 11.2. The summed E-state index contributed by atoms with van der Waals surface area (Å²) in [6.45, 7) is 7.86. The highest BCUT2D eigenvalue weighted by Crippen LogP contribution is 2.51. The third-order valence-electron chi connectivity index (χ3n) is 5.28. The Balaban J connectivity index is 1.99. The van der Waals surface area contributed by atoms with Crippen LogP contribution in [0.25, 0.3) is 0 Å². The molecule has 1 fully saturated rings. The van der Waals surface area contributed by atoms with Crippen molar-refractivity contribution >= 4 is 17.3 Å². The number of fused-ring (bicyclic) bond motifs is 1. The molecule has 3 rings (SSSR count). The molecular weight excluding hydrogens is 322 g/mol. The second kappa shape index (κ2) is 6.33. The Morgan fingerprint density at radius 3 is 2.62 bits per heavy atom. The molecule has 1 amide bonds. The predicted molar refractivity (Wildman–Crippen MR) is 97.0 cm³/mol. The number of carbonyl (C=O) groups is 1. The molecule has 1 aromatic carbocycles. The van der Waals surface area contributed by atoms with Crippen molar-refractivity contribution in [3.63, 3.8) is 0 Å². The minimum Gasteiger partial charge on any atom is -0.598 e. The Hall–Kier alpha value is -1.08. The number of nitrogens with two attached hydrogens (primary N) is 1. The summed E-state index contributed by atoms with van der Waals surface area (Å²) in [6.07, 6.45) is 3.03. The van der Waals surface area contributed by atoms with E-state index in [9.17, 15) is 9.35 Å². The van der Waals surface area contributed by atoms with Crippen LogP contribution < -0.4 is 15.8 Å². The van der Waals surface area contributed by atoms with Gasteiger partial charge in [0.1, 0.15) is 4.75 Å². The Kier molecular flexibility index (Phi) is 4.68. The van der Waals surface area contributed by atoms with E-state index in [1.54, 1.807) is 6.07 Å². The molecule has 5 nitrogen and oxygen atoms in total. The average Bonchev–Trinajstić information content (AvgIpc) is 2.79. The number of benzene rings is 1. The molecule has 1 aliphatic heterocycles. The molecule has 0 bridgehead atoms. The molecule has 4 N–H and O–H groups in total. The normalized spacial score (nSPS) is 23.9. The Morgan fingerprint density at radius 1 is 1.38 bits per heavy atom. The molecule has 24 heavy (non-hydrogen) atoms. The van der Waals surface area contributed by atoms with Crippen molar-refractivity contribution in [3.8, 4) is 0 Å². The minimum absolute atomic E-state index is 0.00559. The molecule has 1 heterocycles. The molecule has 1 spiro atoms. The number of carbonyl (C=O) groups excluding carboxylic acids is 1. The maximum absolute atomic E-state index is 12.8. The topological polar surface area (TPSA) is 90.2 Å². The molecule has 0 saturated carbocycles. The summed E-state index contributed by atoms with van der Waals surface area (Å²) in [5, 5.41) is 3.42. The summed E-state index contributed by atoms with van der Waals surface area (Å²) in [5.74, 6) is -0.417. The third kappa shape index (κ3) is 3.20. The van der Waals surface area contributed by atoms with Crippen molar-refractivity contribution in [1.82, 2.24) is 10.0 Å². The number of nitrogens with one attached hydrogen (secondary N) is 2. The number of primary amides is 1. The predicted octanol–water partition coefficient (Wildman–Crippen LogP) is 1.80. The molecule has 0 radical (unpaired) electrons. The second-order valence-corrected chi connectivity index (χ2v) is 10.00. The van der Waals surface area contributed by atoms with Gasteiger partial charge in [-0.05, 0) is 76.4 Å². The van der Waals surface area contributed by atoms with Crippen molar-refractivity contribution in [3.05, 3.63) is 34.9 Å². The van der Waals surface area contributed by atoms with Gasteiger partial charge in [0.2, 0.25) is 5.91 Å². The lowest BCUT2D eigenvalue weighted by Crippen LogP contribution is -2.48. The fraction of sp³-hybridized carbons (Fsp3) is 0.611. The van der Waals surface area contributed by atoms with Crippen LogP contribution in [0.1, 0.15) is 61.1 Å². The second-order valence-electron chi connectivity index (χ2n) is 8.00. The monoisotopic (exact) mass is 349 g/mol. The van der Waals surface area contributed by atoms with Gasteiger partial charge in [-0.25, -0.2) is 0 Å². The van der Waals surface area contributed by atoms with Crippen molar-refractivity contribution in [2.45, 2.75) is 50.8 Å². The third-order valence-corrected chi connectivity index (χ3v) is 6.84. The molecule has 0 unspecified atom stereocenters. The van der Waals surface area contributed by atoms with E-state index in [4.69, 9.17) is 5.73 Å². The SMILES string of the molecule is CC(C)(C)[S@@+]([O-])N[C@@H]1c2cc(C(N)=O)ccc2CC12CCNCC2. The molecule has 1 aromatic rings. The quantitative estimate of drug-likeness (QED) is 0.726. The summed E-state index contributed by atoms with van der Waals surface area (Å²) in [4.78, 5) is 11.6. The highest BCUT2D eigenvalue weighted by atomic mass is 32.2. The zero-order chi connectivity index (χ0) is 17.5. The Bertz CT molecular complexity index is 636. The first-order valence-electron chi connectivity index (χ1n) is 8.54. The summed E-state index contributed by atoms with van der Waals surface area (Å²) in [6, 6.07) is 5.71. The first-order valence-corrected chi connectivity index (χ1v) is 9.69. The molecule has 1 aliphatic carbocycles. The maximum Gasteiger partial charge on any atom is 0.248 e. The lowest BCUT2D eigenvalue weighted by Gasteiger charge is -2.40. The fourth-order valence-electron chi connectivity index (χ4n) is 3.85. The standard InChI is InChI=1S/C18H27N3O2S/c1-17(2,3)24(23)21-15-14-10-12(16(19)22)4-5-13(14)11-18(15)6-8-20-9-7-18/h4-5,10,15,20-21H,6-9,11H2,1-3H3,(H2,19,22)/t15-,24-/m1/s1. The van der Waals surface area contributed by atoms with Gasteiger partial charge in [0, 0.05) is 22.3 Å². The van der Waals surface area contributed by atoms with E-state index < -0.39 is 17.3 Å². The van der Waals surface area contributed by atoms with Crippen LogP contribution in [0, 0.1) is 5.41 Å². The summed E-state index contributed by atoms with van der Waals surface area (Å²) >= 11 is -1.17. The van der Waals surface area contributed by atoms with Crippen molar-refractivity contribution in [1.29, 1.82) is 0 Å². The number of hydrogen-bond donors (Lipinski definition) is 3. The first kappa shape index (κ1) is 17.7. The van der Waals surface area contributed by atoms with Crippen LogP contribution in [0.15, 0.2) is 18.2 Å². The zero-order valence-corrected chi connectivity index (χ0v) is 15.5. The number of hydrogen-bond acceptors (Lipinski definition) is 4. The number of amides is 1. The summed E-state index contributed by atoms with van der Waals surface area (Å²) < 4.78 is 15.8. The van der Waals surface area contributed by atoms with E-state index in [0.29, 0.717) is 5.56 Å². The van der Waals surface area contributed by atoms with Gasteiger partial charge in [-0.1, -0.05) is 6.07 Å². The van der Waals surface area contributed by atoms with Crippen LogP contribution >= 0.6 is 0 Å². The van der Waals surface area contributed by atoms with Crippen LogP contribution in [0.4, 0.5) is 0 Å². The van der Waals surface area contributed by atoms with Crippen LogP contribution in [0.5, 0.6) is 0 Å². The Labute approximate surface area is 147 Å². The van der Waals surface area contributed by atoms with E-state index in [-0.39, 0.29) is 16.2 Å².